The molecule has 0 spiro atoms. The number of aryl methyl sites for hydroxylation is 3. The Morgan fingerprint density at radius 1 is 0.974 bits per heavy atom. The number of carbonyl (C=O) groups is 1. The lowest BCUT2D eigenvalue weighted by Crippen LogP contribution is -2.28. The molecule has 1 atom stereocenters. The zero-order valence-corrected chi connectivity index (χ0v) is 24.1. The molecule has 0 radical (unpaired) electrons. The summed E-state index contributed by atoms with van der Waals surface area (Å²) in [5.74, 6) is 0.365. The van der Waals surface area contributed by atoms with Gasteiger partial charge in [-0.15, -0.1) is 23.1 Å². The van der Waals surface area contributed by atoms with Crippen molar-refractivity contribution in [3.63, 3.8) is 0 Å². The van der Waals surface area contributed by atoms with Gasteiger partial charge in [-0.1, -0.05) is 77.9 Å². The number of hydrazone groups is 1. The lowest BCUT2D eigenvalue weighted by molar-refractivity contribution is -0.130. The van der Waals surface area contributed by atoms with E-state index in [1.807, 2.05) is 6.07 Å². The highest BCUT2D eigenvalue weighted by Gasteiger charge is 2.33. The van der Waals surface area contributed by atoms with Gasteiger partial charge in [-0.25, -0.2) is 5.01 Å². The number of aromatic nitrogens is 1. The van der Waals surface area contributed by atoms with Gasteiger partial charge in [-0.05, 0) is 55.0 Å². The van der Waals surface area contributed by atoms with E-state index in [0.717, 1.165) is 34.0 Å². The first-order valence-corrected chi connectivity index (χ1v) is 15.1. The number of amides is 1. The standard InChI is InChI=1S/C33H31N3OS2/c1-22-11-14-25(15-12-22)30-18-28(31-9-6-16-38-31)34-36(30)33(37)21-39-32-20-35(29-8-5-4-7-27(29)32)19-26-17-23(2)10-13-24(26)3/h4-17,20,30H,18-19,21H2,1-3H3/t30-/m0/s1. The molecule has 196 valence electrons. The Balaban J connectivity index is 1.26. The van der Waals surface area contributed by atoms with Crippen LogP contribution < -0.4 is 0 Å². The van der Waals surface area contributed by atoms with Crippen molar-refractivity contribution in [1.29, 1.82) is 0 Å². The lowest BCUT2D eigenvalue weighted by Gasteiger charge is -2.22. The third-order valence-electron chi connectivity index (χ3n) is 7.38. The van der Waals surface area contributed by atoms with Crippen molar-refractivity contribution in [2.75, 3.05) is 5.75 Å². The fraction of sp³-hybridized carbons (Fsp3) is 0.212. The minimum atomic E-state index is -0.0820. The molecule has 0 saturated carbocycles. The number of fused-ring (bicyclic) bond motifs is 1. The van der Waals surface area contributed by atoms with Crippen LogP contribution in [0.5, 0.6) is 0 Å². The molecule has 3 heterocycles. The summed E-state index contributed by atoms with van der Waals surface area (Å²) in [7, 11) is 0. The molecule has 1 amide bonds. The molecule has 0 unspecified atom stereocenters. The average molecular weight is 550 g/mol. The largest absolute Gasteiger partial charge is 0.342 e. The van der Waals surface area contributed by atoms with Crippen LogP contribution in [-0.4, -0.2) is 26.9 Å². The van der Waals surface area contributed by atoms with Crippen LogP contribution in [0.4, 0.5) is 0 Å². The van der Waals surface area contributed by atoms with Crippen LogP contribution in [0.15, 0.2) is 100 Å². The summed E-state index contributed by atoms with van der Waals surface area (Å²) in [4.78, 5) is 15.9. The van der Waals surface area contributed by atoms with E-state index in [9.17, 15) is 4.79 Å². The molecule has 39 heavy (non-hydrogen) atoms. The van der Waals surface area contributed by atoms with Gasteiger partial charge in [0, 0.05) is 35.0 Å². The quantitative estimate of drug-likeness (QED) is 0.192. The monoisotopic (exact) mass is 549 g/mol. The first-order chi connectivity index (χ1) is 19.0. The number of carbonyl (C=O) groups excluding carboxylic acids is 1. The molecule has 0 N–H and O–H groups in total. The molecule has 0 fully saturated rings. The molecular weight excluding hydrogens is 519 g/mol. The molecule has 2 aromatic heterocycles. The Morgan fingerprint density at radius 3 is 2.56 bits per heavy atom. The van der Waals surface area contributed by atoms with Crippen LogP contribution in [0.2, 0.25) is 0 Å². The Morgan fingerprint density at radius 2 is 1.77 bits per heavy atom. The summed E-state index contributed by atoms with van der Waals surface area (Å²) in [5.41, 5.74) is 8.38. The second-order valence-corrected chi connectivity index (χ2v) is 12.2. The molecule has 6 heteroatoms. The Hall–Kier alpha value is -3.61. The summed E-state index contributed by atoms with van der Waals surface area (Å²) in [5, 5.41) is 9.82. The van der Waals surface area contributed by atoms with Crippen LogP contribution >= 0.6 is 23.1 Å². The molecule has 1 aliphatic rings. The van der Waals surface area contributed by atoms with Crippen LogP contribution in [0, 0.1) is 20.8 Å². The third kappa shape index (κ3) is 5.32. The summed E-state index contributed by atoms with van der Waals surface area (Å²) < 4.78 is 2.31. The van der Waals surface area contributed by atoms with E-state index >= 15 is 0 Å². The highest BCUT2D eigenvalue weighted by Crippen LogP contribution is 2.36. The first kappa shape index (κ1) is 25.7. The minimum Gasteiger partial charge on any atom is -0.342 e. The second-order valence-electron chi connectivity index (χ2n) is 10.2. The zero-order valence-electron chi connectivity index (χ0n) is 22.4. The number of para-hydroxylation sites is 1. The number of nitrogens with zero attached hydrogens (tertiary/aromatic N) is 3. The number of thiophene rings is 1. The molecule has 0 bridgehead atoms. The fourth-order valence-electron chi connectivity index (χ4n) is 5.20. The van der Waals surface area contributed by atoms with Crippen molar-refractivity contribution < 1.29 is 4.79 Å². The first-order valence-electron chi connectivity index (χ1n) is 13.2. The van der Waals surface area contributed by atoms with Gasteiger partial charge in [0.25, 0.3) is 5.91 Å². The SMILES string of the molecule is Cc1ccc([C@@H]2CC(c3cccs3)=NN2C(=O)CSc2cn(Cc3cc(C)ccc3C)c3ccccc23)cc1. The van der Waals surface area contributed by atoms with Crippen molar-refractivity contribution in [1.82, 2.24) is 9.58 Å². The topological polar surface area (TPSA) is 37.6 Å². The Labute approximate surface area is 238 Å². The highest BCUT2D eigenvalue weighted by atomic mass is 32.2. The molecule has 3 aromatic carbocycles. The molecule has 0 aliphatic carbocycles. The van der Waals surface area contributed by atoms with Crippen molar-refractivity contribution in [3.05, 3.63) is 123 Å². The smallest absolute Gasteiger partial charge is 0.253 e. The van der Waals surface area contributed by atoms with E-state index < -0.39 is 0 Å². The number of rotatable bonds is 7. The second kappa shape index (κ2) is 10.9. The molecular formula is C33H31N3OS2. The fourth-order valence-corrected chi connectivity index (χ4v) is 6.86. The Bertz CT molecular complexity index is 1670. The summed E-state index contributed by atoms with van der Waals surface area (Å²) >= 11 is 3.28. The zero-order chi connectivity index (χ0) is 26.9. The van der Waals surface area contributed by atoms with Crippen molar-refractivity contribution >= 4 is 45.6 Å². The summed E-state index contributed by atoms with van der Waals surface area (Å²) in [6.07, 6.45) is 2.93. The molecule has 4 nitrogen and oxygen atoms in total. The van der Waals surface area contributed by atoms with Gasteiger partial charge in [0.2, 0.25) is 0 Å². The van der Waals surface area contributed by atoms with Gasteiger partial charge in [0.15, 0.2) is 0 Å². The maximum absolute atomic E-state index is 13.7. The van der Waals surface area contributed by atoms with Gasteiger partial charge in [0.05, 0.1) is 22.4 Å². The van der Waals surface area contributed by atoms with E-state index in [4.69, 9.17) is 5.10 Å². The van der Waals surface area contributed by atoms with E-state index in [-0.39, 0.29) is 11.9 Å². The van der Waals surface area contributed by atoms with Gasteiger partial charge in [-0.2, -0.15) is 5.10 Å². The van der Waals surface area contributed by atoms with E-state index in [2.05, 4.69) is 110 Å². The van der Waals surface area contributed by atoms with E-state index in [0.29, 0.717) is 5.75 Å². The average Bonchev–Trinajstić information content (AvgIpc) is 3.69. The number of hydrogen-bond acceptors (Lipinski definition) is 4. The molecule has 0 saturated heterocycles. The van der Waals surface area contributed by atoms with Gasteiger partial charge < -0.3 is 4.57 Å². The van der Waals surface area contributed by atoms with E-state index in [1.54, 1.807) is 28.1 Å². The summed E-state index contributed by atoms with van der Waals surface area (Å²) in [6, 6.07) is 27.6. The normalized spacial score (nSPS) is 15.2. The highest BCUT2D eigenvalue weighted by molar-refractivity contribution is 8.00. The maximum Gasteiger partial charge on any atom is 0.253 e. The number of thioether (sulfide) groups is 1. The van der Waals surface area contributed by atoms with Gasteiger partial charge >= 0.3 is 0 Å². The van der Waals surface area contributed by atoms with E-state index in [1.165, 1.54) is 33.2 Å². The Kier molecular flexibility index (Phi) is 7.15. The minimum absolute atomic E-state index is 0.0310. The third-order valence-corrected chi connectivity index (χ3v) is 9.33. The lowest BCUT2D eigenvalue weighted by atomic mass is 10.00. The number of hydrogen-bond donors (Lipinski definition) is 0. The van der Waals surface area contributed by atoms with Crippen molar-refractivity contribution in [3.8, 4) is 0 Å². The van der Waals surface area contributed by atoms with Crippen LogP contribution in [0.25, 0.3) is 10.9 Å². The molecule has 1 aliphatic heterocycles. The van der Waals surface area contributed by atoms with Gasteiger partial charge in [0.1, 0.15) is 0 Å². The van der Waals surface area contributed by atoms with Crippen molar-refractivity contribution in [2.45, 2.75) is 44.7 Å². The maximum atomic E-state index is 13.7. The summed E-state index contributed by atoms with van der Waals surface area (Å²) in [6.45, 7) is 7.19. The van der Waals surface area contributed by atoms with Crippen LogP contribution in [0.3, 0.4) is 0 Å². The molecule has 5 aromatic rings. The predicted octanol–water partition coefficient (Wildman–Crippen LogP) is 8.15. The van der Waals surface area contributed by atoms with Crippen LogP contribution in [-0.2, 0) is 11.3 Å². The molecule has 6 rings (SSSR count). The van der Waals surface area contributed by atoms with Gasteiger partial charge in [-0.3, -0.25) is 4.79 Å². The predicted molar refractivity (Wildman–Crippen MR) is 164 cm³/mol. The van der Waals surface area contributed by atoms with Crippen LogP contribution in [0.1, 0.15) is 45.2 Å². The number of benzene rings is 3. The van der Waals surface area contributed by atoms with Crippen molar-refractivity contribution in [2.24, 2.45) is 5.10 Å².